The second-order valence-corrected chi connectivity index (χ2v) is 5.07. The Kier molecular flexibility index (Phi) is 5.88. The molecule has 106 valence electrons. The van der Waals surface area contributed by atoms with E-state index in [-0.39, 0.29) is 5.91 Å². The lowest BCUT2D eigenvalue weighted by atomic mass is 10.3. The normalized spacial score (nSPS) is 12.0. The first-order valence-corrected chi connectivity index (χ1v) is 6.95. The summed E-state index contributed by atoms with van der Waals surface area (Å²) in [6, 6.07) is -0.648. The van der Waals surface area contributed by atoms with Crippen molar-refractivity contribution in [3.05, 3.63) is 17.3 Å². The van der Waals surface area contributed by atoms with Gasteiger partial charge in [-0.15, -0.1) is 11.8 Å². The highest BCUT2D eigenvalue weighted by Crippen LogP contribution is 2.16. The quantitative estimate of drug-likeness (QED) is 0.791. The van der Waals surface area contributed by atoms with Gasteiger partial charge in [0.25, 0.3) is 0 Å². The highest BCUT2D eigenvalue weighted by atomic mass is 32.2. The van der Waals surface area contributed by atoms with E-state index in [1.165, 1.54) is 25.8 Å². The van der Waals surface area contributed by atoms with Gasteiger partial charge in [-0.3, -0.25) is 4.79 Å². The summed E-state index contributed by atoms with van der Waals surface area (Å²) in [5, 5.41) is 2.55. The molecule has 1 aromatic rings. The number of ether oxygens (including phenoxy) is 1. The molecule has 0 aliphatic carbocycles. The third kappa shape index (κ3) is 4.94. The average molecular weight is 286 g/mol. The number of hydrogen-bond donors (Lipinski definition) is 1. The van der Waals surface area contributed by atoms with E-state index in [1.54, 1.807) is 0 Å². The number of carbonyl (C=O) groups excluding carboxylic acids is 2. The van der Waals surface area contributed by atoms with Crippen LogP contribution >= 0.6 is 11.8 Å². The standard InChI is InChI=1S/C12H18N2O4S/c1-7-8(2)18-11(13-7)6-19-5-10(12(16)17-4)14-9(3)15/h10H,5-6H2,1-4H3,(H,14,15)/t10-/m0/s1. The zero-order valence-corrected chi connectivity index (χ0v) is 12.3. The molecule has 7 heteroatoms. The number of nitrogens with one attached hydrogen (secondary N) is 1. The number of esters is 1. The number of amides is 1. The predicted octanol–water partition coefficient (Wildman–Crippen LogP) is 1.20. The Bertz CT molecular complexity index is 439. The summed E-state index contributed by atoms with van der Waals surface area (Å²) in [5.74, 6) is 1.64. The van der Waals surface area contributed by atoms with E-state index in [0.29, 0.717) is 17.4 Å². The molecule has 0 saturated carbocycles. The number of nitrogens with zero attached hydrogens (tertiary/aromatic N) is 1. The topological polar surface area (TPSA) is 81.4 Å². The van der Waals surface area contributed by atoms with Gasteiger partial charge in [-0.05, 0) is 13.8 Å². The minimum atomic E-state index is -0.648. The maximum Gasteiger partial charge on any atom is 0.329 e. The molecule has 0 saturated heterocycles. The fraction of sp³-hybridized carbons (Fsp3) is 0.583. The van der Waals surface area contributed by atoms with Crippen molar-refractivity contribution in [2.24, 2.45) is 0 Å². The molecule has 0 aliphatic rings. The molecule has 0 unspecified atom stereocenters. The lowest BCUT2D eigenvalue weighted by Gasteiger charge is -2.14. The van der Waals surface area contributed by atoms with Gasteiger partial charge in [0, 0.05) is 12.7 Å². The largest absolute Gasteiger partial charge is 0.467 e. The Morgan fingerprint density at radius 2 is 2.16 bits per heavy atom. The third-order valence-corrected chi connectivity index (χ3v) is 3.47. The number of thioether (sulfide) groups is 1. The lowest BCUT2D eigenvalue weighted by molar-refractivity contribution is -0.144. The van der Waals surface area contributed by atoms with Crippen LogP contribution in [-0.2, 0) is 20.1 Å². The van der Waals surface area contributed by atoms with Gasteiger partial charge in [0.05, 0.1) is 18.6 Å². The molecule has 0 spiro atoms. The molecule has 19 heavy (non-hydrogen) atoms. The van der Waals surface area contributed by atoms with Crippen molar-refractivity contribution >= 4 is 23.6 Å². The van der Waals surface area contributed by atoms with Gasteiger partial charge in [0.15, 0.2) is 0 Å². The van der Waals surface area contributed by atoms with Gasteiger partial charge in [-0.1, -0.05) is 0 Å². The molecule has 0 aromatic carbocycles. The molecule has 6 nitrogen and oxygen atoms in total. The second-order valence-electron chi connectivity index (χ2n) is 4.04. The van der Waals surface area contributed by atoms with Crippen LogP contribution in [0.15, 0.2) is 4.42 Å². The fourth-order valence-electron chi connectivity index (χ4n) is 1.42. The number of rotatable bonds is 6. The monoisotopic (exact) mass is 286 g/mol. The lowest BCUT2D eigenvalue weighted by Crippen LogP contribution is -2.42. The number of methoxy groups -OCH3 is 1. The van der Waals surface area contributed by atoms with E-state index in [2.05, 4.69) is 15.0 Å². The Morgan fingerprint density at radius 1 is 1.47 bits per heavy atom. The van der Waals surface area contributed by atoms with Crippen LogP contribution in [-0.4, -0.2) is 35.8 Å². The van der Waals surface area contributed by atoms with Crippen LogP contribution in [0.5, 0.6) is 0 Å². The van der Waals surface area contributed by atoms with E-state index in [4.69, 9.17) is 4.42 Å². The van der Waals surface area contributed by atoms with Crippen LogP contribution in [0.4, 0.5) is 0 Å². The van der Waals surface area contributed by atoms with E-state index < -0.39 is 12.0 Å². The number of carbonyl (C=O) groups is 2. The number of aryl methyl sites for hydroxylation is 2. The van der Waals surface area contributed by atoms with Gasteiger partial charge in [0.1, 0.15) is 11.8 Å². The smallest absolute Gasteiger partial charge is 0.329 e. The molecule has 0 bridgehead atoms. The van der Waals surface area contributed by atoms with Gasteiger partial charge in [-0.2, -0.15) is 0 Å². The summed E-state index contributed by atoms with van der Waals surface area (Å²) in [5.41, 5.74) is 0.863. The molecular formula is C12H18N2O4S. The van der Waals surface area contributed by atoms with Crippen LogP contribution < -0.4 is 5.32 Å². The molecule has 1 N–H and O–H groups in total. The number of aromatic nitrogens is 1. The maximum atomic E-state index is 11.5. The van der Waals surface area contributed by atoms with Gasteiger partial charge >= 0.3 is 5.97 Å². The summed E-state index contributed by atoms with van der Waals surface area (Å²) in [6.45, 7) is 5.09. The molecule has 1 heterocycles. The molecule has 1 aromatic heterocycles. The summed E-state index contributed by atoms with van der Waals surface area (Å²) >= 11 is 1.45. The molecular weight excluding hydrogens is 268 g/mol. The minimum absolute atomic E-state index is 0.265. The first-order valence-electron chi connectivity index (χ1n) is 5.79. The van der Waals surface area contributed by atoms with Gasteiger partial charge in [-0.25, -0.2) is 9.78 Å². The summed E-state index contributed by atoms with van der Waals surface area (Å²) < 4.78 is 10.1. The minimum Gasteiger partial charge on any atom is -0.467 e. The average Bonchev–Trinajstić information content (AvgIpc) is 2.66. The van der Waals surface area contributed by atoms with Crippen molar-refractivity contribution in [1.29, 1.82) is 0 Å². The molecule has 0 fully saturated rings. The van der Waals surface area contributed by atoms with Crippen LogP contribution in [0, 0.1) is 13.8 Å². The summed E-state index contributed by atoms with van der Waals surface area (Å²) in [7, 11) is 1.29. The Morgan fingerprint density at radius 3 is 2.63 bits per heavy atom. The Labute approximate surface area is 116 Å². The molecule has 1 atom stereocenters. The molecule has 0 radical (unpaired) electrons. The van der Waals surface area contributed by atoms with E-state index in [1.807, 2.05) is 13.8 Å². The molecule has 1 rings (SSSR count). The van der Waals surface area contributed by atoms with E-state index in [9.17, 15) is 9.59 Å². The highest BCUT2D eigenvalue weighted by molar-refractivity contribution is 7.98. The number of hydrogen-bond acceptors (Lipinski definition) is 6. The zero-order valence-electron chi connectivity index (χ0n) is 11.5. The maximum absolute atomic E-state index is 11.5. The zero-order chi connectivity index (χ0) is 14.4. The summed E-state index contributed by atoms with van der Waals surface area (Å²) in [6.07, 6.45) is 0. The molecule has 1 amide bonds. The van der Waals surface area contributed by atoms with Crippen molar-refractivity contribution < 1.29 is 18.7 Å². The van der Waals surface area contributed by atoms with Gasteiger partial charge < -0.3 is 14.5 Å². The van der Waals surface area contributed by atoms with Crippen LogP contribution in [0.25, 0.3) is 0 Å². The van der Waals surface area contributed by atoms with Crippen LogP contribution in [0.1, 0.15) is 24.3 Å². The fourth-order valence-corrected chi connectivity index (χ4v) is 2.29. The van der Waals surface area contributed by atoms with Crippen molar-refractivity contribution in [3.8, 4) is 0 Å². The van der Waals surface area contributed by atoms with Crippen LogP contribution in [0.3, 0.4) is 0 Å². The second kappa shape index (κ2) is 7.18. The first kappa shape index (κ1) is 15.6. The molecule has 0 aliphatic heterocycles. The van der Waals surface area contributed by atoms with E-state index >= 15 is 0 Å². The van der Waals surface area contributed by atoms with Crippen molar-refractivity contribution in [2.75, 3.05) is 12.9 Å². The van der Waals surface area contributed by atoms with Crippen molar-refractivity contribution in [1.82, 2.24) is 10.3 Å². The first-order chi connectivity index (χ1) is 8.93. The SMILES string of the molecule is COC(=O)[C@H](CSCc1nc(C)c(C)o1)NC(C)=O. The van der Waals surface area contributed by atoms with E-state index in [0.717, 1.165) is 11.5 Å². The predicted molar refractivity (Wildman–Crippen MR) is 71.8 cm³/mol. The van der Waals surface area contributed by atoms with Crippen LogP contribution in [0.2, 0.25) is 0 Å². The third-order valence-electron chi connectivity index (χ3n) is 2.45. The Balaban J connectivity index is 2.47. The Hall–Kier alpha value is -1.50. The highest BCUT2D eigenvalue weighted by Gasteiger charge is 2.20. The van der Waals surface area contributed by atoms with Crippen molar-refractivity contribution in [2.45, 2.75) is 32.6 Å². The van der Waals surface area contributed by atoms with Crippen molar-refractivity contribution in [3.63, 3.8) is 0 Å². The number of oxazole rings is 1. The van der Waals surface area contributed by atoms with Gasteiger partial charge in [0.2, 0.25) is 11.8 Å². The summed E-state index contributed by atoms with van der Waals surface area (Å²) in [4.78, 5) is 26.7.